The first-order valence-electron chi connectivity index (χ1n) is 5.73. The average molecular weight is 235 g/mol. The number of benzene rings is 1. The first-order valence-corrected chi connectivity index (χ1v) is 5.73. The van der Waals surface area contributed by atoms with E-state index in [4.69, 9.17) is 10.2 Å². The van der Waals surface area contributed by atoms with Crippen LogP contribution in [0.4, 0.5) is 0 Å². The number of hydrogen-bond acceptors (Lipinski definition) is 4. The Morgan fingerprint density at radius 2 is 2.35 bits per heavy atom. The molecule has 1 unspecified atom stereocenters. The normalized spacial score (nSPS) is 13.1. The van der Waals surface area contributed by atoms with Gasteiger partial charge in [-0.3, -0.25) is 4.98 Å². The molecule has 1 atom stereocenters. The second-order valence-corrected chi connectivity index (χ2v) is 4.12. The maximum absolute atomic E-state index is 11.0. The topological polar surface area (TPSA) is 84.0 Å². The fourth-order valence-electron chi connectivity index (χ4n) is 1.86. The molecule has 0 saturated heterocycles. The summed E-state index contributed by atoms with van der Waals surface area (Å²) < 4.78 is 5.01. The highest BCUT2D eigenvalue weighted by atomic mass is 16.4. The summed E-state index contributed by atoms with van der Waals surface area (Å²) in [4.78, 5) is 13.6. The molecule has 0 amide bonds. The van der Waals surface area contributed by atoms with Gasteiger partial charge in [0, 0.05) is 6.04 Å². The largest absolute Gasteiger partial charge is 0.417 e. The molecule has 2 aromatic rings. The predicted octanol–water partition coefficient (Wildman–Crippen LogP) is 1.12. The van der Waals surface area contributed by atoms with E-state index in [0.717, 1.165) is 24.9 Å². The first-order chi connectivity index (χ1) is 8.20. The van der Waals surface area contributed by atoms with Crippen molar-refractivity contribution in [2.45, 2.75) is 18.9 Å². The van der Waals surface area contributed by atoms with Gasteiger partial charge in [-0.25, -0.2) is 4.79 Å². The van der Waals surface area contributed by atoms with Crippen LogP contribution in [0.2, 0.25) is 0 Å². The molecule has 1 aromatic carbocycles. The first kappa shape index (κ1) is 11.9. The molecular weight excluding hydrogens is 218 g/mol. The third-order valence-corrected chi connectivity index (χ3v) is 2.82. The van der Waals surface area contributed by atoms with Crippen molar-refractivity contribution in [3.05, 3.63) is 34.3 Å². The van der Waals surface area contributed by atoms with Crippen molar-refractivity contribution in [2.24, 2.45) is 5.73 Å². The summed E-state index contributed by atoms with van der Waals surface area (Å²) in [6, 6.07) is 5.57. The zero-order valence-electron chi connectivity index (χ0n) is 9.82. The van der Waals surface area contributed by atoms with E-state index in [1.807, 2.05) is 25.2 Å². The van der Waals surface area contributed by atoms with E-state index in [1.165, 1.54) is 0 Å². The zero-order chi connectivity index (χ0) is 12.3. The van der Waals surface area contributed by atoms with E-state index < -0.39 is 5.76 Å². The minimum atomic E-state index is -0.430. The second kappa shape index (κ2) is 5.16. The van der Waals surface area contributed by atoms with Crippen molar-refractivity contribution < 1.29 is 4.42 Å². The number of nitrogens with two attached hydrogens (primary N) is 1. The molecule has 17 heavy (non-hydrogen) atoms. The summed E-state index contributed by atoms with van der Waals surface area (Å²) in [6.07, 6.45) is 1.92. The minimum absolute atomic E-state index is 0.0204. The van der Waals surface area contributed by atoms with Crippen LogP contribution >= 0.6 is 0 Å². The average Bonchev–Trinajstić information content (AvgIpc) is 2.68. The molecule has 5 heteroatoms. The van der Waals surface area contributed by atoms with Crippen molar-refractivity contribution in [1.29, 1.82) is 0 Å². The van der Waals surface area contributed by atoms with Gasteiger partial charge < -0.3 is 15.5 Å². The number of H-pyrrole nitrogens is 1. The molecule has 2 rings (SSSR count). The second-order valence-electron chi connectivity index (χ2n) is 4.12. The lowest BCUT2D eigenvalue weighted by atomic mass is 10.0. The lowest BCUT2D eigenvalue weighted by molar-refractivity contribution is 0.552. The lowest BCUT2D eigenvalue weighted by Gasteiger charge is -2.11. The molecule has 1 aromatic heterocycles. The Morgan fingerprint density at radius 3 is 3.12 bits per heavy atom. The molecule has 92 valence electrons. The number of aromatic amines is 1. The Morgan fingerprint density at radius 1 is 1.53 bits per heavy atom. The van der Waals surface area contributed by atoms with Crippen LogP contribution in [0.15, 0.2) is 27.4 Å². The Labute approximate surface area is 99.0 Å². The molecule has 0 spiro atoms. The zero-order valence-corrected chi connectivity index (χ0v) is 9.82. The minimum Gasteiger partial charge on any atom is -0.408 e. The molecule has 0 aliphatic rings. The molecule has 0 aliphatic heterocycles. The molecule has 0 fully saturated rings. The fourth-order valence-corrected chi connectivity index (χ4v) is 1.86. The highest BCUT2D eigenvalue weighted by Crippen LogP contribution is 2.19. The maximum Gasteiger partial charge on any atom is 0.417 e. The molecule has 4 N–H and O–H groups in total. The number of fused-ring (bicyclic) bond motifs is 1. The SMILES string of the molecule is CNCCCC(N)c1ccc2[nH]c(=O)oc2c1. The Bertz CT molecular complexity index is 544. The number of nitrogens with one attached hydrogen (secondary N) is 2. The van der Waals surface area contributed by atoms with Crippen LogP contribution in [0.3, 0.4) is 0 Å². The van der Waals surface area contributed by atoms with Gasteiger partial charge in [-0.05, 0) is 44.1 Å². The predicted molar refractivity (Wildman–Crippen MR) is 66.9 cm³/mol. The van der Waals surface area contributed by atoms with Crippen molar-refractivity contribution in [1.82, 2.24) is 10.3 Å². The van der Waals surface area contributed by atoms with Crippen molar-refractivity contribution in [2.75, 3.05) is 13.6 Å². The highest BCUT2D eigenvalue weighted by Gasteiger charge is 2.08. The van der Waals surface area contributed by atoms with Gasteiger partial charge in [0.1, 0.15) is 0 Å². The van der Waals surface area contributed by atoms with Crippen LogP contribution in [0.1, 0.15) is 24.4 Å². The van der Waals surface area contributed by atoms with Crippen LogP contribution in [0, 0.1) is 0 Å². The fraction of sp³-hybridized carbons (Fsp3) is 0.417. The van der Waals surface area contributed by atoms with E-state index in [1.54, 1.807) is 0 Å². The summed E-state index contributed by atoms with van der Waals surface area (Å²) in [5.41, 5.74) is 8.35. The van der Waals surface area contributed by atoms with E-state index in [9.17, 15) is 4.79 Å². The van der Waals surface area contributed by atoms with Gasteiger partial charge in [0.15, 0.2) is 5.58 Å². The van der Waals surface area contributed by atoms with Gasteiger partial charge >= 0.3 is 5.76 Å². The summed E-state index contributed by atoms with van der Waals surface area (Å²) in [5, 5.41) is 3.09. The molecule has 1 heterocycles. The van der Waals surface area contributed by atoms with Gasteiger partial charge in [-0.15, -0.1) is 0 Å². The Kier molecular flexibility index (Phi) is 3.61. The third-order valence-electron chi connectivity index (χ3n) is 2.82. The quantitative estimate of drug-likeness (QED) is 0.678. The van der Waals surface area contributed by atoms with Crippen LogP contribution in [0.25, 0.3) is 11.1 Å². The van der Waals surface area contributed by atoms with E-state index in [-0.39, 0.29) is 6.04 Å². The summed E-state index contributed by atoms with van der Waals surface area (Å²) in [5.74, 6) is -0.430. The van der Waals surface area contributed by atoms with Crippen LogP contribution in [0.5, 0.6) is 0 Å². The molecule has 0 aliphatic carbocycles. The van der Waals surface area contributed by atoms with E-state index in [2.05, 4.69) is 10.3 Å². The summed E-state index contributed by atoms with van der Waals surface area (Å²) >= 11 is 0. The molecular formula is C12H17N3O2. The third kappa shape index (κ3) is 2.75. The van der Waals surface area contributed by atoms with Gasteiger partial charge in [-0.2, -0.15) is 0 Å². The number of hydrogen-bond donors (Lipinski definition) is 3. The van der Waals surface area contributed by atoms with E-state index >= 15 is 0 Å². The van der Waals surface area contributed by atoms with Crippen molar-refractivity contribution >= 4 is 11.1 Å². The van der Waals surface area contributed by atoms with Gasteiger partial charge in [0.2, 0.25) is 0 Å². The molecule has 0 radical (unpaired) electrons. The number of aromatic nitrogens is 1. The highest BCUT2D eigenvalue weighted by molar-refractivity contribution is 5.72. The van der Waals surface area contributed by atoms with Crippen LogP contribution < -0.4 is 16.8 Å². The van der Waals surface area contributed by atoms with Crippen molar-refractivity contribution in [3.63, 3.8) is 0 Å². The molecule has 0 bridgehead atoms. The summed E-state index contributed by atoms with van der Waals surface area (Å²) in [6.45, 7) is 0.954. The van der Waals surface area contributed by atoms with Gasteiger partial charge in [-0.1, -0.05) is 6.07 Å². The lowest BCUT2D eigenvalue weighted by Crippen LogP contribution is -2.14. The summed E-state index contributed by atoms with van der Waals surface area (Å²) in [7, 11) is 1.92. The van der Waals surface area contributed by atoms with Gasteiger partial charge in [0.25, 0.3) is 0 Å². The number of rotatable bonds is 5. The van der Waals surface area contributed by atoms with Crippen molar-refractivity contribution in [3.8, 4) is 0 Å². The van der Waals surface area contributed by atoms with Crippen LogP contribution in [-0.2, 0) is 0 Å². The van der Waals surface area contributed by atoms with Crippen LogP contribution in [-0.4, -0.2) is 18.6 Å². The maximum atomic E-state index is 11.0. The number of oxazole rings is 1. The Hall–Kier alpha value is -1.59. The standard InChI is InChI=1S/C12H17N3O2/c1-14-6-2-3-9(13)8-4-5-10-11(7-8)17-12(16)15-10/h4-5,7,9,14H,2-3,6,13H2,1H3,(H,15,16). The van der Waals surface area contributed by atoms with Gasteiger partial charge in [0.05, 0.1) is 5.52 Å². The monoisotopic (exact) mass is 235 g/mol. The molecule has 5 nitrogen and oxygen atoms in total. The molecule has 0 saturated carbocycles. The Balaban J connectivity index is 2.14. The smallest absolute Gasteiger partial charge is 0.408 e. The van der Waals surface area contributed by atoms with E-state index in [0.29, 0.717) is 11.1 Å².